The summed E-state index contributed by atoms with van der Waals surface area (Å²) in [5.41, 5.74) is -3.49. The summed E-state index contributed by atoms with van der Waals surface area (Å²) in [7, 11) is 1.48. The molecule has 0 radical (unpaired) electrons. The number of methoxy groups -OCH3 is 1. The van der Waals surface area contributed by atoms with Crippen molar-refractivity contribution in [3.63, 3.8) is 0 Å². The number of nitrogens with zero attached hydrogens (tertiary/aromatic N) is 1. The van der Waals surface area contributed by atoms with E-state index in [0.29, 0.717) is 5.75 Å². The molecule has 0 aromatic heterocycles. The largest absolute Gasteiger partial charge is 0.497 e. The molecule has 1 fully saturated rings. The first-order valence-electron chi connectivity index (χ1n) is 7.00. The van der Waals surface area contributed by atoms with E-state index in [1.165, 1.54) is 19.2 Å². The average Bonchev–Trinajstić information content (AvgIpc) is 2.49. The Labute approximate surface area is 133 Å². The minimum absolute atomic E-state index is 0.149. The van der Waals surface area contributed by atoms with E-state index in [1.807, 2.05) is 0 Å². The lowest BCUT2D eigenvalue weighted by Crippen LogP contribution is -2.76. The molecule has 0 unspecified atom stereocenters. The topological polar surface area (TPSA) is 72.9 Å². The van der Waals surface area contributed by atoms with Crippen LogP contribution >= 0.6 is 0 Å². The average molecular weight is 323 g/mol. The number of halogens is 1. The van der Waals surface area contributed by atoms with Gasteiger partial charge in [0.2, 0.25) is 0 Å². The third-order valence-corrected chi connectivity index (χ3v) is 3.35. The minimum atomic E-state index is -2.90. The second kappa shape index (κ2) is 5.64. The van der Waals surface area contributed by atoms with Crippen LogP contribution in [0.5, 0.6) is 5.75 Å². The summed E-state index contributed by atoms with van der Waals surface area (Å²) in [6.45, 7) is 4.85. The molecule has 2 rings (SSSR count). The highest BCUT2D eigenvalue weighted by atomic mass is 19.1. The Kier molecular flexibility index (Phi) is 4.15. The highest BCUT2D eigenvalue weighted by molar-refractivity contribution is 6.23. The van der Waals surface area contributed by atoms with Gasteiger partial charge in [0, 0.05) is 5.69 Å². The fourth-order valence-electron chi connectivity index (χ4n) is 2.30. The monoisotopic (exact) mass is 323 g/mol. The van der Waals surface area contributed by atoms with Crippen LogP contribution in [0.1, 0.15) is 20.8 Å². The van der Waals surface area contributed by atoms with Crippen molar-refractivity contribution in [1.82, 2.24) is 0 Å². The molecule has 0 aliphatic carbocycles. The molecule has 1 aliphatic rings. The third kappa shape index (κ3) is 2.91. The number of hydrogen-bond acceptors (Lipinski definition) is 5. The second-order valence-corrected chi connectivity index (χ2v) is 6.20. The predicted molar refractivity (Wildman–Crippen MR) is 80.0 cm³/mol. The summed E-state index contributed by atoms with van der Waals surface area (Å²) in [4.78, 5) is 36.2. The number of β-lactam (4-membered cyclic amide) rings is 1. The second-order valence-electron chi connectivity index (χ2n) is 6.20. The predicted octanol–water partition coefficient (Wildman–Crippen LogP) is 1.66. The maximum Gasteiger partial charge on any atom is 0.334 e. The number of amides is 1. The molecule has 2 atom stereocenters. The summed E-state index contributed by atoms with van der Waals surface area (Å²) in [5, 5.41) is 0. The van der Waals surface area contributed by atoms with Gasteiger partial charge in [-0.15, -0.1) is 0 Å². The number of hydrogen-bond donors (Lipinski definition) is 0. The van der Waals surface area contributed by atoms with Crippen molar-refractivity contribution in [2.24, 2.45) is 0 Å². The Morgan fingerprint density at radius 3 is 2.30 bits per heavy atom. The van der Waals surface area contributed by atoms with E-state index < -0.39 is 29.2 Å². The number of carbonyl (C=O) groups is 3. The van der Waals surface area contributed by atoms with Gasteiger partial charge in [-0.25, -0.2) is 9.18 Å². The van der Waals surface area contributed by atoms with E-state index >= 15 is 0 Å². The molecule has 0 N–H and O–H groups in total. The lowest BCUT2D eigenvalue weighted by molar-refractivity contribution is -0.171. The van der Waals surface area contributed by atoms with Crippen LogP contribution < -0.4 is 9.64 Å². The Balaban J connectivity index is 2.35. The van der Waals surface area contributed by atoms with Crippen LogP contribution in [-0.4, -0.2) is 42.6 Å². The summed E-state index contributed by atoms with van der Waals surface area (Å²) >= 11 is 0. The molecule has 23 heavy (non-hydrogen) atoms. The molecule has 0 spiro atoms. The molecule has 1 heterocycles. The Bertz CT molecular complexity index is 637. The van der Waals surface area contributed by atoms with Crippen molar-refractivity contribution in [3.8, 4) is 5.75 Å². The van der Waals surface area contributed by atoms with Crippen LogP contribution in [-0.2, 0) is 19.1 Å². The van der Waals surface area contributed by atoms with E-state index in [1.54, 1.807) is 32.9 Å². The maximum absolute atomic E-state index is 14.5. The highest BCUT2D eigenvalue weighted by Gasteiger charge is 2.67. The standard InChI is InChI=1S/C16H18FNO5/c1-15(2,3)23-13(20)12-16(17,9-19)14(21)18(12)10-5-7-11(22-4)8-6-10/h5-9,12H,1-4H3/t12-,16-/m1/s1. The summed E-state index contributed by atoms with van der Waals surface area (Å²) in [6, 6.07) is 4.49. The fraction of sp³-hybridized carbons (Fsp3) is 0.438. The van der Waals surface area contributed by atoms with Gasteiger partial charge in [0.25, 0.3) is 11.6 Å². The normalized spacial score (nSPS) is 24.0. The van der Waals surface area contributed by atoms with Crippen molar-refractivity contribution in [2.45, 2.75) is 38.1 Å². The molecular formula is C16H18FNO5. The van der Waals surface area contributed by atoms with E-state index in [9.17, 15) is 18.8 Å². The van der Waals surface area contributed by atoms with E-state index in [4.69, 9.17) is 9.47 Å². The molecule has 0 saturated carbocycles. The summed E-state index contributed by atoms with van der Waals surface area (Å²) < 4.78 is 24.6. The number of carbonyl (C=O) groups excluding carboxylic acids is 3. The number of esters is 1. The van der Waals surface area contributed by atoms with Crippen LogP contribution in [0, 0.1) is 0 Å². The lowest BCUT2D eigenvalue weighted by atomic mass is 9.84. The molecule has 1 saturated heterocycles. The van der Waals surface area contributed by atoms with Crippen molar-refractivity contribution in [3.05, 3.63) is 24.3 Å². The number of benzene rings is 1. The van der Waals surface area contributed by atoms with Gasteiger partial charge in [-0.2, -0.15) is 0 Å². The number of anilines is 1. The van der Waals surface area contributed by atoms with Crippen molar-refractivity contribution in [2.75, 3.05) is 12.0 Å². The van der Waals surface area contributed by atoms with Crippen LogP contribution in [0.3, 0.4) is 0 Å². The molecule has 0 bridgehead atoms. The Morgan fingerprint density at radius 2 is 1.87 bits per heavy atom. The number of aldehydes is 1. The van der Waals surface area contributed by atoms with Crippen LogP contribution in [0.2, 0.25) is 0 Å². The van der Waals surface area contributed by atoms with Crippen molar-refractivity contribution in [1.29, 1.82) is 0 Å². The Morgan fingerprint density at radius 1 is 1.30 bits per heavy atom. The molecule has 1 amide bonds. The van der Waals surface area contributed by atoms with E-state index in [0.717, 1.165) is 4.90 Å². The first-order valence-corrected chi connectivity index (χ1v) is 7.00. The molecule has 1 aliphatic heterocycles. The zero-order valence-electron chi connectivity index (χ0n) is 13.3. The first kappa shape index (κ1) is 16.9. The Hall–Kier alpha value is -2.44. The van der Waals surface area contributed by atoms with Crippen LogP contribution in [0.15, 0.2) is 24.3 Å². The quantitative estimate of drug-likeness (QED) is 0.365. The minimum Gasteiger partial charge on any atom is -0.497 e. The zero-order valence-corrected chi connectivity index (χ0v) is 13.3. The summed E-state index contributed by atoms with van der Waals surface area (Å²) in [6.07, 6.45) is -0.149. The van der Waals surface area contributed by atoms with Crippen molar-refractivity contribution < 1.29 is 28.2 Å². The zero-order chi connectivity index (χ0) is 17.4. The smallest absolute Gasteiger partial charge is 0.334 e. The highest BCUT2D eigenvalue weighted by Crippen LogP contribution is 2.39. The molecule has 124 valence electrons. The van der Waals surface area contributed by atoms with Gasteiger partial charge >= 0.3 is 5.97 Å². The maximum atomic E-state index is 14.5. The van der Waals surface area contributed by atoms with Crippen LogP contribution in [0.25, 0.3) is 0 Å². The lowest BCUT2D eigenvalue weighted by Gasteiger charge is -2.47. The van der Waals surface area contributed by atoms with Gasteiger partial charge in [-0.05, 0) is 45.0 Å². The van der Waals surface area contributed by atoms with Crippen LogP contribution in [0.4, 0.5) is 10.1 Å². The van der Waals surface area contributed by atoms with Gasteiger partial charge in [0.1, 0.15) is 11.4 Å². The third-order valence-electron chi connectivity index (χ3n) is 3.35. The van der Waals surface area contributed by atoms with Gasteiger partial charge in [-0.3, -0.25) is 14.5 Å². The van der Waals surface area contributed by atoms with Gasteiger partial charge in [0.15, 0.2) is 12.3 Å². The first-order chi connectivity index (χ1) is 10.6. The molecular weight excluding hydrogens is 305 g/mol. The van der Waals surface area contributed by atoms with Gasteiger partial charge in [-0.1, -0.05) is 0 Å². The SMILES string of the molecule is COc1ccc(N2C(=O)[C@@](F)(C=O)[C@H]2C(=O)OC(C)(C)C)cc1. The van der Waals surface area contributed by atoms with E-state index in [-0.39, 0.29) is 12.0 Å². The molecule has 1 aromatic carbocycles. The van der Waals surface area contributed by atoms with Crippen molar-refractivity contribution >= 4 is 23.9 Å². The number of ether oxygens (including phenoxy) is 2. The van der Waals surface area contributed by atoms with Gasteiger partial charge in [0.05, 0.1) is 7.11 Å². The molecule has 6 nitrogen and oxygen atoms in total. The van der Waals surface area contributed by atoms with Gasteiger partial charge < -0.3 is 9.47 Å². The molecule has 1 aromatic rings. The number of rotatable bonds is 4. The number of alkyl halides is 1. The fourth-order valence-corrected chi connectivity index (χ4v) is 2.30. The molecule has 7 heteroatoms. The summed E-state index contributed by atoms with van der Waals surface area (Å²) in [5.74, 6) is -1.52. The van der Waals surface area contributed by atoms with E-state index in [2.05, 4.69) is 0 Å².